The average Bonchev–Trinajstić information content (AvgIpc) is 2.81. The molecule has 4 heteroatoms. The smallest absolute Gasteiger partial charge is 0.125 e. The van der Waals surface area contributed by atoms with E-state index in [4.69, 9.17) is 0 Å². The molecule has 1 saturated heterocycles. The summed E-state index contributed by atoms with van der Waals surface area (Å²) in [5.41, 5.74) is 3.17. The molecular weight excluding hydrogens is 241 g/mol. The Bertz CT molecular complexity index is 571. The van der Waals surface area contributed by atoms with Crippen molar-refractivity contribution in [1.29, 1.82) is 0 Å². The third-order valence-electron chi connectivity index (χ3n) is 3.84. The van der Waals surface area contributed by atoms with Crippen molar-refractivity contribution in [3.05, 3.63) is 47.5 Å². The van der Waals surface area contributed by atoms with E-state index in [2.05, 4.69) is 17.3 Å². The summed E-state index contributed by atoms with van der Waals surface area (Å²) in [6.45, 7) is 4.17. The minimum absolute atomic E-state index is 0.228. The molecule has 1 aliphatic rings. The van der Waals surface area contributed by atoms with Gasteiger partial charge in [-0.3, -0.25) is 0 Å². The lowest BCUT2D eigenvalue weighted by Gasteiger charge is -2.22. The van der Waals surface area contributed by atoms with E-state index in [1.807, 2.05) is 16.9 Å². The lowest BCUT2D eigenvalue weighted by atomic mass is 9.92. The van der Waals surface area contributed by atoms with Crippen molar-refractivity contribution >= 4 is 0 Å². The molecule has 3 nitrogen and oxygen atoms in total. The van der Waals surface area contributed by atoms with Crippen LogP contribution in [0.2, 0.25) is 0 Å². The highest BCUT2D eigenvalue weighted by atomic mass is 19.1. The van der Waals surface area contributed by atoms with Gasteiger partial charge in [-0.25, -0.2) is 9.07 Å². The molecule has 0 radical (unpaired) electrons. The standard InChI is InChI=1S/C15H18FN3/c1-11-15(12-4-3-7-17-9-12)10-18-19(11)14-6-2-5-13(16)8-14/h2,5-6,8,10,12,17H,3-4,7,9H2,1H3. The third kappa shape index (κ3) is 2.40. The van der Waals surface area contributed by atoms with Gasteiger partial charge in [0.25, 0.3) is 0 Å². The highest BCUT2D eigenvalue weighted by Crippen LogP contribution is 2.27. The molecule has 1 N–H and O–H groups in total. The maximum atomic E-state index is 13.3. The topological polar surface area (TPSA) is 29.9 Å². The monoisotopic (exact) mass is 259 g/mol. The van der Waals surface area contributed by atoms with Gasteiger partial charge < -0.3 is 5.32 Å². The Kier molecular flexibility index (Phi) is 3.34. The number of piperidine rings is 1. The molecule has 1 unspecified atom stereocenters. The van der Waals surface area contributed by atoms with Crippen molar-refractivity contribution in [1.82, 2.24) is 15.1 Å². The lowest BCUT2D eigenvalue weighted by molar-refractivity contribution is 0.460. The van der Waals surface area contributed by atoms with Crippen molar-refractivity contribution in [2.24, 2.45) is 0 Å². The maximum Gasteiger partial charge on any atom is 0.125 e. The quantitative estimate of drug-likeness (QED) is 0.898. The SMILES string of the molecule is Cc1c(C2CCCNC2)cnn1-c1cccc(F)c1. The van der Waals surface area contributed by atoms with Crippen molar-refractivity contribution in [2.75, 3.05) is 13.1 Å². The first kappa shape index (κ1) is 12.4. The largest absolute Gasteiger partial charge is 0.316 e. The summed E-state index contributed by atoms with van der Waals surface area (Å²) >= 11 is 0. The number of rotatable bonds is 2. The number of nitrogens with one attached hydrogen (secondary N) is 1. The van der Waals surface area contributed by atoms with E-state index in [0.29, 0.717) is 5.92 Å². The minimum atomic E-state index is -0.228. The first-order chi connectivity index (χ1) is 9.25. The molecule has 1 aromatic carbocycles. The summed E-state index contributed by atoms with van der Waals surface area (Å²) in [6, 6.07) is 6.57. The highest BCUT2D eigenvalue weighted by Gasteiger charge is 2.20. The molecule has 19 heavy (non-hydrogen) atoms. The molecule has 1 fully saturated rings. The Morgan fingerprint density at radius 1 is 1.42 bits per heavy atom. The van der Waals surface area contributed by atoms with Crippen LogP contribution in [0.15, 0.2) is 30.5 Å². The van der Waals surface area contributed by atoms with Crippen molar-refractivity contribution in [3.8, 4) is 5.69 Å². The van der Waals surface area contributed by atoms with Gasteiger partial charge in [-0.05, 0) is 56.0 Å². The fraction of sp³-hybridized carbons (Fsp3) is 0.400. The predicted octanol–water partition coefficient (Wildman–Crippen LogP) is 2.79. The van der Waals surface area contributed by atoms with Gasteiger partial charge in [-0.1, -0.05) is 6.07 Å². The second kappa shape index (κ2) is 5.13. The van der Waals surface area contributed by atoms with Gasteiger partial charge in [0.05, 0.1) is 11.9 Å². The van der Waals surface area contributed by atoms with Gasteiger partial charge in [-0.15, -0.1) is 0 Å². The summed E-state index contributed by atoms with van der Waals surface area (Å²) in [5.74, 6) is 0.296. The molecule has 3 rings (SSSR count). The molecule has 100 valence electrons. The Morgan fingerprint density at radius 2 is 2.32 bits per heavy atom. The normalized spacial score (nSPS) is 19.6. The van der Waals surface area contributed by atoms with E-state index in [0.717, 1.165) is 24.5 Å². The van der Waals surface area contributed by atoms with Gasteiger partial charge >= 0.3 is 0 Å². The van der Waals surface area contributed by atoms with Gasteiger partial charge in [0.1, 0.15) is 5.82 Å². The van der Waals surface area contributed by atoms with Gasteiger partial charge in [0.15, 0.2) is 0 Å². The number of benzene rings is 1. The predicted molar refractivity (Wildman–Crippen MR) is 73.1 cm³/mol. The number of aromatic nitrogens is 2. The van der Waals surface area contributed by atoms with Crippen molar-refractivity contribution in [3.63, 3.8) is 0 Å². The van der Waals surface area contributed by atoms with E-state index in [1.54, 1.807) is 6.07 Å². The molecule has 1 atom stereocenters. The van der Waals surface area contributed by atoms with Gasteiger partial charge in [0.2, 0.25) is 0 Å². The molecule has 2 heterocycles. The zero-order valence-electron chi connectivity index (χ0n) is 11.1. The molecule has 1 aromatic heterocycles. The van der Waals surface area contributed by atoms with Crippen LogP contribution in [0.5, 0.6) is 0 Å². The zero-order chi connectivity index (χ0) is 13.2. The lowest BCUT2D eigenvalue weighted by Crippen LogP contribution is -2.28. The third-order valence-corrected chi connectivity index (χ3v) is 3.84. The van der Waals surface area contributed by atoms with Crippen LogP contribution in [0, 0.1) is 12.7 Å². The second-order valence-corrected chi connectivity index (χ2v) is 5.12. The summed E-state index contributed by atoms with van der Waals surface area (Å²) in [7, 11) is 0. The summed E-state index contributed by atoms with van der Waals surface area (Å²) in [4.78, 5) is 0. The van der Waals surface area contributed by atoms with E-state index in [1.165, 1.54) is 30.5 Å². The van der Waals surface area contributed by atoms with Gasteiger partial charge in [-0.2, -0.15) is 5.10 Å². The molecule has 0 bridgehead atoms. The Hall–Kier alpha value is -1.68. The number of hydrogen-bond donors (Lipinski definition) is 1. The molecular formula is C15H18FN3. The number of hydrogen-bond acceptors (Lipinski definition) is 2. The van der Waals surface area contributed by atoms with Crippen molar-refractivity contribution in [2.45, 2.75) is 25.7 Å². The van der Waals surface area contributed by atoms with Crippen LogP contribution < -0.4 is 5.32 Å². The average molecular weight is 259 g/mol. The van der Waals surface area contributed by atoms with Crippen LogP contribution in [-0.2, 0) is 0 Å². The highest BCUT2D eigenvalue weighted by molar-refractivity contribution is 5.36. The van der Waals surface area contributed by atoms with E-state index < -0.39 is 0 Å². The Morgan fingerprint density at radius 3 is 3.05 bits per heavy atom. The Labute approximate surface area is 112 Å². The van der Waals surface area contributed by atoms with Crippen molar-refractivity contribution < 1.29 is 4.39 Å². The molecule has 0 spiro atoms. The maximum absolute atomic E-state index is 13.3. The summed E-state index contributed by atoms with van der Waals surface area (Å²) < 4.78 is 15.1. The van der Waals surface area contributed by atoms with Crippen LogP contribution in [0.3, 0.4) is 0 Å². The number of halogens is 1. The molecule has 0 aliphatic carbocycles. The summed E-state index contributed by atoms with van der Waals surface area (Å²) in [6.07, 6.45) is 4.33. The Balaban J connectivity index is 1.94. The van der Waals surface area contributed by atoms with Crippen LogP contribution in [0.25, 0.3) is 5.69 Å². The zero-order valence-corrected chi connectivity index (χ0v) is 11.1. The van der Waals surface area contributed by atoms with Crippen LogP contribution in [0.1, 0.15) is 30.0 Å². The first-order valence-electron chi connectivity index (χ1n) is 6.77. The van der Waals surface area contributed by atoms with Crippen LogP contribution in [0.4, 0.5) is 4.39 Å². The van der Waals surface area contributed by atoms with Gasteiger partial charge in [0, 0.05) is 12.2 Å². The molecule has 0 saturated carbocycles. The molecule has 2 aromatic rings. The molecule has 1 aliphatic heterocycles. The fourth-order valence-electron chi connectivity index (χ4n) is 2.81. The van der Waals surface area contributed by atoms with E-state index in [9.17, 15) is 4.39 Å². The molecule has 0 amide bonds. The van der Waals surface area contributed by atoms with E-state index >= 15 is 0 Å². The second-order valence-electron chi connectivity index (χ2n) is 5.12. The first-order valence-corrected chi connectivity index (χ1v) is 6.77. The van der Waals surface area contributed by atoms with E-state index in [-0.39, 0.29) is 5.82 Å². The number of nitrogens with zero attached hydrogens (tertiary/aromatic N) is 2. The summed E-state index contributed by atoms with van der Waals surface area (Å²) in [5, 5.41) is 7.85. The van der Waals surface area contributed by atoms with Crippen LogP contribution >= 0.6 is 0 Å². The minimum Gasteiger partial charge on any atom is -0.316 e. The fourth-order valence-corrected chi connectivity index (χ4v) is 2.81. The van der Waals surface area contributed by atoms with Crippen LogP contribution in [-0.4, -0.2) is 22.9 Å².